The Morgan fingerprint density at radius 2 is 2.21 bits per heavy atom. The molecular weight excluding hydrogens is 236 g/mol. The Balaban J connectivity index is 1.59. The first-order chi connectivity index (χ1) is 9.34. The van der Waals surface area contributed by atoms with E-state index in [1.54, 1.807) is 6.26 Å². The second-order valence-corrected chi connectivity index (χ2v) is 6.16. The van der Waals surface area contributed by atoms with E-state index in [1.807, 2.05) is 6.07 Å². The highest BCUT2D eigenvalue weighted by molar-refractivity contribution is 5.04. The van der Waals surface area contributed by atoms with E-state index < -0.39 is 0 Å². The van der Waals surface area contributed by atoms with Gasteiger partial charge in [-0.05, 0) is 57.2 Å². The first kappa shape index (κ1) is 13.2. The number of rotatable bonds is 4. The van der Waals surface area contributed by atoms with E-state index in [-0.39, 0.29) is 0 Å². The minimum absolute atomic E-state index is 0.323. The van der Waals surface area contributed by atoms with E-state index in [1.165, 1.54) is 45.1 Å². The lowest BCUT2D eigenvalue weighted by Gasteiger charge is -2.34. The molecule has 1 saturated heterocycles. The quantitative estimate of drug-likeness (QED) is 0.874. The third-order valence-electron chi connectivity index (χ3n) is 4.87. The van der Waals surface area contributed by atoms with Gasteiger partial charge in [0.25, 0.3) is 0 Å². The fourth-order valence-corrected chi connectivity index (χ4v) is 3.86. The van der Waals surface area contributed by atoms with E-state index in [2.05, 4.69) is 23.6 Å². The summed E-state index contributed by atoms with van der Waals surface area (Å²) in [6, 6.07) is 5.75. The number of hydrogen-bond acceptors (Lipinski definition) is 3. The molecule has 0 bridgehead atoms. The topological polar surface area (TPSA) is 37.2 Å². The van der Waals surface area contributed by atoms with Crippen LogP contribution >= 0.6 is 0 Å². The van der Waals surface area contributed by atoms with Gasteiger partial charge in [0.1, 0.15) is 5.76 Å². The van der Waals surface area contributed by atoms with E-state index >= 15 is 0 Å². The summed E-state index contributed by atoms with van der Waals surface area (Å²) in [4.78, 5) is 0. The van der Waals surface area contributed by atoms with Gasteiger partial charge in [0.15, 0.2) is 0 Å². The summed E-state index contributed by atoms with van der Waals surface area (Å²) >= 11 is 0. The molecule has 0 radical (unpaired) electrons. The molecule has 1 aromatic heterocycles. The van der Waals surface area contributed by atoms with Gasteiger partial charge in [0, 0.05) is 12.1 Å². The molecule has 2 fully saturated rings. The Labute approximate surface area is 116 Å². The van der Waals surface area contributed by atoms with Crippen molar-refractivity contribution >= 4 is 0 Å². The molecule has 3 unspecified atom stereocenters. The molecule has 0 amide bonds. The summed E-state index contributed by atoms with van der Waals surface area (Å²) in [7, 11) is 0. The molecule has 2 heterocycles. The molecule has 3 rings (SSSR count). The van der Waals surface area contributed by atoms with Crippen LogP contribution in [0.15, 0.2) is 22.8 Å². The van der Waals surface area contributed by atoms with Gasteiger partial charge in [0.2, 0.25) is 0 Å². The molecule has 2 N–H and O–H groups in total. The van der Waals surface area contributed by atoms with Crippen LogP contribution in [0.3, 0.4) is 0 Å². The minimum Gasteiger partial charge on any atom is -0.468 e. The van der Waals surface area contributed by atoms with Crippen LogP contribution in [0.1, 0.15) is 57.3 Å². The highest BCUT2D eigenvalue weighted by Gasteiger charge is 2.34. The maximum Gasteiger partial charge on any atom is 0.120 e. The predicted molar refractivity (Wildman–Crippen MR) is 77.0 cm³/mol. The van der Waals surface area contributed by atoms with Gasteiger partial charge < -0.3 is 15.1 Å². The zero-order chi connectivity index (χ0) is 13.1. The normalized spacial score (nSPS) is 33.4. The fraction of sp³-hybridized carbons (Fsp3) is 0.750. The third-order valence-corrected chi connectivity index (χ3v) is 4.87. The smallest absolute Gasteiger partial charge is 0.120 e. The van der Waals surface area contributed by atoms with E-state index in [0.29, 0.717) is 12.1 Å². The fourth-order valence-electron chi connectivity index (χ4n) is 3.86. The van der Waals surface area contributed by atoms with Crippen LogP contribution in [0.5, 0.6) is 0 Å². The molecule has 106 valence electrons. The molecule has 1 aliphatic carbocycles. The molecule has 0 spiro atoms. The van der Waals surface area contributed by atoms with Gasteiger partial charge in [0.05, 0.1) is 12.3 Å². The van der Waals surface area contributed by atoms with Crippen LogP contribution in [-0.4, -0.2) is 18.6 Å². The molecule has 1 aliphatic heterocycles. The van der Waals surface area contributed by atoms with Crippen molar-refractivity contribution < 1.29 is 4.42 Å². The average molecular weight is 262 g/mol. The Kier molecular flexibility index (Phi) is 4.24. The van der Waals surface area contributed by atoms with Gasteiger partial charge in [-0.1, -0.05) is 12.8 Å². The van der Waals surface area contributed by atoms with Gasteiger partial charge in [-0.15, -0.1) is 0 Å². The second-order valence-electron chi connectivity index (χ2n) is 6.16. The summed E-state index contributed by atoms with van der Waals surface area (Å²) < 4.78 is 5.51. The SMILES string of the molecule is C[C@H](NC1CCCC1C1CCCCN1)c1ccco1. The second kappa shape index (κ2) is 6.10. The highest BCUT2D eigenvalue weighted by Crippen LogP contribution is 2.33. The molecule has 4 atom stereocenters. The number of piperidine rings is 1. The van der Waals surface area contributed by atoms with Crippen LogP contribution in [0.2, 0.25) is 0 Å². The van der Waals surface area contributed by atoms with Crippen LogP contribution < -0.4 is 10.6 Å². The van der Waals surface area contributed by atoms with Gasteiger partial charge >= 0.3 is 0 Å². The molecule has 2 aliphatic rings. The first-order valence-electron chi connectivity index (χ1n) is 7.87. The average Bonchev–Trinajstić information content (AvgIpc) is 3.11. The van der Waals surface area contributed by atoms with E-state index in [0.717, 1.165) is 17.7 Å². The predicted octanol–water partition coefficient (Wildman–Crippen LogP) is 3.24. The van der Waals surface area contributed by atoms with Crippen molar-refractivity contribution in [2.45, 2.75) is 63.6 Å². The maximum absolute atomic E-state index is 5.51. The monoisotopic (exact) mass is 262 g/mol. The lowest BCUT2D eigenvalue weighted by Crippen LogP contribution is -2.47. The summed E-state index contributed by atoms with van der Waals surface area (Å²) in [6.07, 6.45) is 9.93. The van der Waals surface area contributed by atoms with Gasteiger partial charge in [-0.3, -0.25) is 0 Å². The van der Waals surface area contributed by atoms with Crippen molar-refractivity contribution in [1.29, 1.82) is 0 Å². The Morgan fingerprint density at radius 1 is 1.26 bits per heavy atom. The molecule has 3 heteroatoms. The molecule has 1 aromatic rings. The Morgan fingerprint density at radius 3 is 2.95 bits per heavy atom. The molecule has 0 aromatic carbocycles. The van der Waals surface area contributed by atoms with Crippen molar-refractivity contribution in [3.63, 3.8) is 0 Å². The van der Waals surface area contributed by atoms with Crippen molar-refractivity contribution in [2.24, 2.45) is 5.92 Å². The van der Waals surface area contributed by atoms with Crippen LogP contribution in [-0.2, 0) is 0 Å². The molecular formula is C16H26N2O. The van der Waals surface area contributed by atoms with Crippen LogP contribution in [0.25, 0.3) is 0 Å². The minimum atomic E-state index is 0.323. The summed E-state index contributed by atoms with van der Waals surface area (Å²) in [5, 5.41) is 7.53. The number of furan rings is 1. The Bertz CT molecular complexity index is 370. The lowest BCUT2D eigenvalue weighted by molar-refractivity contribution is 0.243. The summed E-state index contributed by atoms with van der Waals surface area (Å²) in [6.45, 7) is 3.42. The van der Waals surface area contributed by atoms with Crippen LogP contribution in [0.4, 0.5) is 0 Å². The van der Waals surface area contributed by atoms with Gasteiger partial charge in [-0.25, -0.2) is 0 Å². The van der Waals surface area contributed by atoms with Crippen LogP contribution in [0, 0.1) is 5.92 Å². The Hall–Kier alpha value is -0.800. The molecule has 19 heavy (non-hydrogen) atoms. The van der Waals surface area contributed by atoms with E-state index in [4.69, 9.17) is 4.42 Å². The molecule has 1 saturated carbocycles. The van der Waals surface area contributed by atoms with Crippen molar-refractivity contribution in [3.8, 4) is 0 Å². The van der Waals surface area contributed by atoms with Crippen molar-refractivity contribution in [3.05, 3.63) is 24.2 Å². The van der Waals surface area contributed by atoms with Crippen molar-refractivity contribution in [1.82, 2.24) is 10.6 Å². The zero-order valence-corrected chi connectivity index (χ0v) is 11.9. The third kappa shape index (κ3) is 3.03. The molecule has 3 nitrogen and oxygen atoms in total. The van der Waals surface area contributed by atoms with Gasteiger partial charge in [-0.2, -0.15) is 0 Å². The van der Waals surface area contributed by atoms with Crippen molar-refractivity contribution in [2.75, 3.05) is 6.54 Å². The van der Waals surface area contributed by atoms with E-state index in [9.17, 15) is 0 Å². The maximum atomic E-state index is 5.51. The zero-order valence-electron chi connectivity index (χ0n) is 11.9. The lowest BCUT2D eigenvalue weighted by atomic mass is 9.88. The summed E-state index contributed by atoms with van der Waals surface area (Å²) in [5.74, 6) is 1.86. The number of hydrogen-bond donors (Lipinski definition) is 2. The first-order valence-corrected chi connectivity index (χ1v) is 7.87. The number of nitrogens with one attached hydrogen (secondary N) is 2. The summed E-state index contributed by atoms with van der Waals surface area (Å²) in [5.41, 5.74) is 0. The highest BCUT2D eigenvalue weighted by atomic mass is 16.3. The largest absolute Gasteiger partial charge is 0.468 e. The standard InChI is InChI=1S/C16H26N2O/c1-12(16-9-5-11-19-16)18-15-8-4-6-13(15)14-7-2-3-10-17-14/h5,9,11-15,17-18H,2-4,6-8,10H2,1H3/t12-,13?,14?,15?/m0/s1.